The first-order valence-electron chi connectivity index (χ1n) is 9.35. The zero-order valence-electron chi connectivity index (χ0n) is 16.4. The lowest BCUT2D eigenvalue weighted by Gasteiger charge is -2.12. The van der Waals surface area contributed by atoms with Crippen LogP contribution in [0.15, 0.2) is 57.1 Å². The first kappa shape index (κ1) is 20.3. The van der Waals surface area contributed by atoms with E-state index < -0.39 is 5.63 Å². The summed E-state index contributed by atoms with van der Waals surface area (Å²) in [6.45, 7) is 2.69. The molecule has 2 aromatic carbocycles. The van der Waals surface area contributed by atoms with Crippen molar-refractivity contribution in [2.24, 2.45) is 0 Å². The van der Waals surface area contributed by atoms with E-state index in [-0.39, 0.29) is 0 Å². The number of hydrogen-bond donors (Lipinski definition) is 1. The van der Waals surface area contributed by atoms with Gasteiger partial charge < -0.3 is 19.2 Å². The lowest BCUT2D eigenvalue weighted by molar-refractivity contribution is 0.317. The maximum absolute atomic E-state index is 12.5. The SMILES string of the molecule is CCCOc1ccc(OC)c(Nc2nc(-c3cc4cccc(Cl)c4oc3=O)cs2)c1. The van der Waals surface area contributed by atoms with Crippen molar-refractivity contribution < 1.29 is 13.9 Å². The summed E-state index contributed by atoms with van der Waals surface area (Å²) < 4.78 is 16.5. The van der Waals surface area contributed by atoms with E-state index >= 15 is 0 Å². The van der Waals surface area contributed by atoms with Gasteiger partial charge in [-0.25, -0.2) is 9.78 Å². The number of nitrogens with one attached hydrogen (secondary N) is 1. The fraction of sp³-hybridized carbons (Fsp3) is 0.182. The summed E-state index contributed by atoms with van der Waals surface area (Å²) in [7, 11) is 1.60. The number of para-hydroxylation sites is 1. The Labute approximate surface area is 182 Å². The van der Waals surface area contributed by atoms with Crippen molar-refractivity contribution in [3.05, 3.63) is 63.3 Å². The largest absolute Gasteiger partial charge is 0.495 e. The molecule has 4 rings (SSSR count). The summed E-state index contributed by atoms with van der Waals surface area (Å²) >= 11 is 7.49. The Morgan fingerprint density at radius 3 is 2.90 bits per heavy atom. The van der Waals surface area contributed by atoms with Crippen LogP contribution in [-0.4, -0.2) is 18.7 Å². The Hall–Kier alpha value is -3.03. The van der Waals surface area contributed by atoms with Gasteiger partial charge in [0.15, 0.2) is 10.7 Å². The van der Waals surface area contributed by atoms with Gasteiger partial charge in [-0.05, 0) is 30.7 Å². The Bertz CT molecular complexity index is 1250. The van der Waals surface area contributed by atoms with Crippen LogP contribution in [0.3, 0.4) is 0 Å². The Morgan fingerprint density at radius 1 is 1.23 bits per heavy atom. The minimum absolute atomic E-state index is 0.370. The van der Waals surface area contributed by atoms with Crippen molar-refractivity contribution in [2.45, 2.75) is 13.3 Å². The molecule has 0 bridgehead atoms. The summed E-state index contributed by atoms with van der Waals surface area (Å²) in [6.07, 6.45) is 0.921. The summed E-state index contributed by atoms with van der Waals surface area (Å²) in [5, 5.41) is 6.79. The first-order chi connectivity index (χ1) is 14.6. The molecule has 0 fully saturated rings. The van der Waals surface area contributed by atoms with Crippen molar-refractivity contribution in [3.8, 4) is 22.8 Å². The van der Waals surface area contributed by atoms with Crippen LogP contribution in [0.5, 0.6) is 11.5 Å². The second-order valence-corrected chi connectivity index (χ2v) is 7.74. The number of hydrogen-bond acceptors (Lipinski definition) is 7. The van der Waals surface area contributed by atoms with Crippen molar-refractivity contribution in [1.82, 2.24) is 4.98 Å². The molecule has 30 heavy (non-hydrogen) atoms. The van der Waals surface area contributed by atoms with Crippen LogP contribution in [0, 0.1) is 0 Å². The van der Waals surface area contributed by atoms with Crippen LogP contribution >= 0.6 is 22.9 Å². The van der Waals surface area contributed by atoms with Crippen molar-refractivity contribution in [2.75, 3.05) is 19.0 Å². The minimum Gasteiger partial charge on any atom is -0.495 e. The van der Waals surface area contributed by atoms with Crippen molar-refractivity contribution in [1.29, 1.82) is 0 Å². The fourth-order valence-electron chi connectivity index (χ4n) is 2.95. The third kappa shape index (κ3) is 4.13. The Morgan fingerprint density at radius 2 is 2.10 bits per heavy atom. The number of anilines is 2. The maximum atomic E-state index is 12.5. The van der Waals surface area contributed by atoms with E-state index in [1.54, 1.807) is 24.6 Å². The van der Waals surface area contributed by atoms with Gasteiger partial charge in [0.05, 0.1) is 35.7 Å². The highest BCUT2D eigenvalue weighted by atomic mass is 35.5. The smallest absolute Gasteiger partial charge is 0.345 e. The van der Waals surface area contributed by atoms with Gasteiger partial charge in [0.25, 0.3) is 0 Å². The van der Waals surface area contributed by atoms with E-state index in [0.29, 0.717) is 39.4 Å². The molecule has 154 valence electrons. The number of nitrogens with zero attached hydrogens (tertiary/aromatic N) is 1. The summed E-state index contributed by atoms with van der Waals surface area (Å²) in [5.74, 6) is 1.40. The number of benzene rings is 2. The third-order valence-corrected chi connectivity index (χ3v) is 5.43. The minimum atomic E-state index is -0.486. The number of aromatic nitrogens is 1. The van der Waals surface area contributed by atoms with Crippen LogP contribution in [-0.2, 0) is 0 Å². The van der Waals surface area contributed by atoms with E-state index in [9.17, 15) is 4.79 Å². The molecule has 0 amide bonds. The highest BCUT2D eigenvalue weighted by Crippen LogP contribution is 2.34. The highest BCUT2D eigenvalue weighted by molar-refractivity contribution is 7.14. The normalized spacial score (nSPS) is 10.9. The number of methoxy groups -OCH3 is 1. The van der Waals surface area contributed by atoms with Gasteiger partial charge in [-0.1, -0.05) is 30.7 Å². The molecule has 0 saturated carbocycles. The third-order valence-electron chi connectivity index (χ3n) is 4.38. The van der Waals surface area contributed by atoms with Crippen LogP contribution < -0.4 is 20.4 Å². The summed E-state index contributed by atoms with van der Waals surface area (Å²) in [4.78, 5) is 17.0. The average Bonchev–Trinajstić information content (AvgIpc) is 3.21. The molecule has 2 heterocycles. The fourth-order valence-corrected chi connectivity index (χ4v) is 3.90. The van der Waals surface area contributed by atoms with Gasteiger partial charge in [0.1, 0.15) is 11.5 Å². The van der Waals surface area contributed by atoms with Crippen molar-refractivity contribution >= 4 is 44.7 Å². The number of fused-ring (bicyclic) bond motifs is 1. The molecule has 0 spiro atoms. The molecule has 0 atom stereocenters. The van der Waals surface area contributed by atoms with Gasteiger partial charge in [-0.15, -0.1) is 11.3 Å². The van der Waals surface area contributed by atoms with Gasteiger partial charge >= 0.3 is 5.63 Å². The number of rotatable bonds is 7. The summed E-state index contributed by atoms with van der Waals surface area (Å²) in [5.41, 5.74) is 1.51. The molecule has 1 N–H and O–H groups in total. The maximum Gasteiger partial charge on any atom is 0.345 e. The zero-order chi connectivity index (χ0) is 21.1. The lowest BCUT2D eigenvalue weighted by Crippen LogP contribution is -2.03. The number of ether oxygens (including phenoxy) is 2. The molecule has 2 aromatic heterocycles. The molecule has 0 saturated heterocycles. The quantitative estimate of drug-likeness (QED) is 0.348. The molecule has 0 unspecified atom stereocenters. The molecule has 0 aliphatic heterocycles. The monoisotopic (exact) mass is 442 g/mol. The second-order valence-electron chi connectivity index (χ2n) is 6.48. The Kier molecular flexibility index (Phi) is 5.92. The topological polar surface area (TPSA) is 73.6 Å². The molecule has 0 radical (unpaired) electrons. The van der Waals surface area contributed by atoms with Crippen LogP contribution in [0.2, 0.25) is 5.02 Å². The van der Waals surface area contributed by atoms with Gasteiger partial charge in [0.2, 0.25) is 0 Å². The van der Waals surface area contributed by atoms with E-state index in [2.05, 4.69) is 17.2 Å². The molecule has 6 nitrogen and oxygen atoms in total. The zero-order valence-corrected chi connectivity index (χ0v) is 18.0. The van der Waals surface area contributed by atoms with Gasteiger partial charge in [-0.2, -0.15) is 0 Å². The summed E-state index contributed by atoms with van der Waals surface area (Å²) in [6, 6.07) is 12.6. The van der Waals surface area contributed by atoms with Gasteiger partial charge in [-0.3, -0.25) is 0 Å². The predicted octanol–water partition coefficient (Wildman–Crippen LogP) is 6.11. The molecule has 0 aliphatic carbocycles. The van der Waals surface area contributed by atoms with E-state index in [0.717, 1.165) is 23.2 Å². The van der Waals surface area contributed by atoms with Crippen LogP contribution in [0.25, 0.3) is 22.2 Å². The molecular weight excluding hydrogens is 424 g/mol. The van der Waals surface area contributed by atoms with Crippen molar-refractivity contribution in [3.63, 3.8) is 0 Å². The number of halogens is 1. The van der Waals surface area contributed by atoms with Gasteiger partial charge in [0, 0.05) is 16.8 Å². The Balaban J connectivity index is 1.65. The highest BCUT2D eigenvalue weighted by Gasteiger charge is 2.14. The second kappa shape index (κ2) is 8.77. The van der Waals surface area contributed by atoms with Crippen LogP contribution in [0.1, 0.15) is 13.3 Å². The standard InChI is InChI=1S/C22H19ClN2O4S/c1-3-9-28-14-7-8-19(27-2)17(11-14)24-22-25-18(12-30-22)15-10-13-5-4-6-16(23)20(13)29-21(15)26/h4-8,10-12H,3,9H2,1-2H3,(H,24,25). The predicted molar refractivity (Wildman–Crippen MR) is 121 cm³/mol. The molecule has 0 aliphatic rings. The van der Waals surface area contributed by atoms with E-state index in [1.807, 2.05) is 30.3 Å². The average molecular weight is 443 g/mol. The number of thiazole rings is 1. The van der Waals surface area contributed by atoms with Crippen LogP contribution in [0.4, 0.5) is 10.8 Å². The van der Waals surface area contributed by atoms with E-state index in [1.165, 1.54) is 11.3 Å². The molecule has 4 aromatic rings. The molecule has 8 heteroatoms. The van der Waals surface area contributed by atoms with E-state index in [4.69, 9.17) is 25.5 Å². The molecular formula is C22H19ClN2O4S. The first-order valence-corrected chi connectivity index (χ1v) is 10.6. The lowest BCUT2D eigenvalue weighted by atomic mass is 10.1.